The van der Waals surface area contributed by atoms with Crippen LogP contribution in [0.4, 0.5) is 0 Å². The van der Waals surface area contributed by atoms with E-state index in [-0.39, 0.29) is 5.41 Å². The summed E-state index contributed by atoms with van der Waals surface area (Å²) in [4.78, 5) is 0. The molecule has 0 bridgehead atoms. The minimum Gasteiger partial charge on any atom is -0.455 e. The second-order valence-electron chi connectivity index (χ2n) is 9.02. The van der Waals surface area contributed by atoms with Gasteiger partial charge >= 0.3 is 0 Å². The van der Waals surface area contributed by atoms with Crippen molar-refractivity contribution in [2.75, 3.05) is 0 Å². The van der Waals surface area contributed by atoms with E-state index in [0.29, 0.717) is 0 Å². The van der Waals surface area contributed by atoms with E-state index in [9.17, 15) is 0 Å². The second kappa shape index (κ2) is 7.59. The Bertz CT molecular complexity index is 1340. The van der Waals surface area contributed by atoms with E-state index in [1.807, 2.05) is 6.07 Å². The highest BCUT2D eigenvalue weighted by molar-refractivity contribution is 6.05. The van der Waals surface area contributed by atoms with E-state index < -0.39 is 0 Å². The molecule has 0 aliphatic carbocycles. The predicted octanol–water partition coefficient (Wildman–Crippen LogP) is 8.73. The van der Waals surface area contributed by atoms with Crippen LogP contribution in [-0.2, 0) is 5.41 Å². The quantitative estimate of drug-likeness (QED) is 0.294. The summed E-state index contributed by atoms with van der Waals surface area (Å²) in [6.07, 6.45) is 0. The lowest BCUT2D eigenvalue weighted by molar-refractivity contribution is 0.576. The van der Waals surface area contributed by atoms with E-state index >= 15 is 0 Å². The summed E-state index contributed by atoms with van der Waals surface area (Å²) in [7, 11) is 0. The van der Waals surface area contributed by atoms with Crippen molar-refractivity contribution in [3.8, 4) is 33.8 Å². The molecule has 0 N–H and O–H groups in total. The molecule has 0 atom stereocenters. The summed E-state index contributed by atoms with van der Waals surface area (Å²) in [5, 5.41) is 2.29. The number of fused-ring (bicyclic) bond motifs is 1. The number of benzene rings is 4. The molecule has 1 heterocycles. The molecule has 0 radical (unpaired) electrons. The fourth-order valence-electron chi connectivity index (χ4n) is 4.36. The zero-order valence-electron chi connectivity index (χ0n) is 18.2. The maximum atomic E-state index is 6.74. The second-order valence-corrected chi connectivity index (χ2v) is 9.02. The molecule has 152 valence electrons. The lowest BCUT2D eigenvalue weighted by Gasteiger charge is -2.24. The topological polar surface area (TPSA) is 13.1 Å². The van der Waals surface area contributed by atoms with Crippen molar-refractivity contribution >= 4 is 10.8 Å². The van der Waals surface area contributed by atoms with Crippen LogP contribution in [0.15, 0.2) is 108 Å². The zero-order valence-corrected chi connectivity index (χ0v) is 18.2. The van der Waals surface area contributed by atoms with Gasteiger partial charge in [-0.25, -0.2) is 0 Å². The summed E-state index contributed by atoms with van der Waals surface area (Å²) < 4.78 is 6.74. The third-order valence-corrected chi connectivity index (χ3v) is 5.84. The molecule has 0 aliphatic rings. The van der Waals surface area contributed by atoms with Crippen molar-refractivity contribution in [2.45, 2.75) is 26.2 Å². The van der Waals surface area contributed by atoms with E-state index in [1.165, 1.54) is 22.3 Å². The van der Waals surface area contributed by atoms with Gasteiger partial charge in [0.15, 0.2) is 0 Å². The van der Waals surface area contributed by atoms with Gasteiger partial charge in [0.2, 0.25) is 0 Å². The number of rotatable bonds is 3. The summed E-state index contributed by atoms with van der Waals surface area (Å²) in [6.45, 7) is 6.80. The fourth-order valence-corrected chi connectivity index (χ4v) is 4.36. The molecule has 0 amide bonds. The molecule has 1 nitrogen and oxygen atoms in total. The van der Waals surface area contributed by atoms with Crippen molar-refractivity contribution in [3.63, 3.8) is 0 Å². The van der Waals surface area contributed by atoms with Gasteiger partial charge in [0.25, 0.3) is 0 Å². The van der Waals surface area contributed by atoms with Crippen LogP contribution < -0.4 is 0 Å². The highest BCUT2D eigenvalue weighted by Gasteiger charge is 2.26. The maximum absolute atomic E-state index is 6.74. The standard InChI is InChI=1S/C30H26O/c1-30(2,3)26-20-12-19-23(21-13-6-4-7-14-21)27(26)29-25-18-11-10-17-24(25)28(31-29)22-15-8-5-9-16-22/h4-20H,1-3H3. The van der Waals surface area contributed by atoms with Gasteiger partial charge in [0, 0.05) is 21.9 Å². The van der Waals surface area contributed by atoms with Crippen LogP contribution in [0, 0.1) is 0 Å². The average molecular weight is 403 g/mol. The Kier molecular flexibility index (Phi) is 4.75. The molecule has 5 aromatic rings. The van der Waals surface area contributed by atoms with Crippen LogP contribution in [0.3, 0.4) is 0 Å². The number of furan rings is 1. The van der Waals surface area contributed by atoms with Crippen LogP contribution in [-0.4, -0.2) is 0 Å². The zero-order chi connectivity index (χ0) is 21.4. The van der Waals surface area contributed by atoms with Gasteiger partial charge < -0.3 is 4.42 Å². The highest BCUT2D eigenvalue weighted by Crippen LogP contribution is 2.46. The summed E-state index contributed by atoms with van der Waals surface area (Å²) >= 11 is 0. The highest BCUT2D eigenvalue weighted by atomic mass is 16.3. The monoisotopic (exact) mass is 402 g/mol. The Hall–Kier alpha value is -3.58. The van der Waals surface area contributed by atoms with E-state index in [1.54, 1.807) is 0 Å². The van der Waals surface area contributed by atoms with Crippen LogP contribution in [0.1, 0.15) is 26.3 Å². The van der Waals surface area contributed by atoms with Gasteiger partial charge in [-0.2, -0.15) is 0 Å². The first-order chi connectivity index (χ1) is 15.0. The van der Waals surface area contributed by atoms with Gasteiger partial charge in [0.1, 0.15) is 11.5 Å². The molecule has 0 unspecified atom stereocenters. The van der Waals surface area contributed by atoms with Crippen molar-refractivity contribution in [1.29, 1.82) is 0 Å². The minimum atomic E-state index is -0.0269. The number of hydrogen-bond donors (Lipinski definition) is 0. The lowest BCUT2D eigenvalue weighted by Crippen LogP contribution is -2.13. The Morgan fingerprint density at radius 2 is 1.06 bits per heavy atom. The predicted molar refractivity (Wildman–Crippen MR) is 131 cm³/mol. The van der Waals surface area contributed by atoms with Crippen molar-refractivity contribution in [2.24, 2.45) is 0 Å². The van der Waals surface area contributed by atoms with E-state index in [2.05, 4.69) is 118 Å². The molecule has 1 aromatic heterocycles. The Labute approximate surface area is 184 Å². The van der Waals surface area contributed by atoms with Gasteiger partial charge in [-0.15, -0.1) is 0 Å². The third-order valence-electron chi connectivity index (χ3n) is 5.84. The molecular formula is C30H26O. The van der Waals surface area contributed by atoms with Gasteiger partial charge in [0.05, 0.1) is 0 Å². The van der Waals surface area contributed by atoms with Gasteiger partial charge in [-0.1, -0.05) is 124 Å². The molecule has 31 heavy (non-hydrogen) atoms. The molecule has 0 spiro atoms. The Morgan fingerprint density at radius 1 is 0.516 bits per heavy atom. The smallest absolute Gasteiger partial charge is 0.143 e. The first-order valence-corrected chi connectivity index (χ1v) is 10.8. The molecule has 0 saturated heterocycles. The van der Waals surface area contributed by atoms with Crippen LogP contribution in [0.25, 0.3) is 44.5 Å². The van der Waals surface area contributed by atoms with Crippen molar-refractivity contribution in [3.05, 3.63) is 109 Å². The average Bonchev–Trinajstić information content (AvgIpc) is 3.19. The van der Waals surface area contributed by atoms with Crippen LogP contribution in [0.5, 0.6) is 0 Å². The SMILES string of the molecule is CC(C)(C)c1cccc(-c2ccccc2)c1-c1oc(-c2ccccc2)c2ccccc12. The summed E-state index contributed by atoms with van der Waals surface area (Å²) in [5.74, 6) is 1.87. The number of hydrogen-bond acceptors (Lipinski definition) is 1. The molecule has 0 aliphatic heterocycles. The van der Waals surface area contributed by atoms with E-state index in [4.69, 9.17) is 4.42 Å². The minimum absolute atomic E-state index is 0.0269. The summed E-state index contributed by atoms with van der Waals surface area (Å²) in [5.41, 5.74) is 5.94. The molecular weight excluding hydrogens is 376 g/mol. The van der Waals surface area contributed by atoms with Crippen LogP contribution in [0.2, 0.25) is 0 Å². The normalized spacial score (nSPS) is 11.7. The van der Waals surface area contributed by atoms with Crippen molar-refractivity contribution in [1.82, 2.24) is 0 Å². The molecule has 1 heteroatoms. The van der Waals surface area contributed by atoms with Gasteiger partial charge in [-0.3, -0.25) is 0 Å². The van der Waals surface area contributed by atoms with Crippen molar-refractivity contribution < 1.29 is 4.42 Å². The summed E-state index contributed by atoms with van der Waals surface area (Å²) in [6, 6.07) is 36.1. The molecule has 0 saturated carbocycles. The largest absolute Gasteiger partial charge is 0.455 e. The lowest BCUT2D eigenvalue weighted by atomic mass is 9.80. The Morgan fingerprint density at radius 3 is 1.68 bits per heavy atom. The van der Waals surface area contributed by atoms with E-state index in [0.717, 1.165) is 27.9 Å². The third kappa shape index (κ3) is 3.47. The fraction of sp³-hybridized carbons (Fsp3) is 0.133. The maximum Gasteiger partial charge on any atom is 0.143 e. The first kappa shape index (κ1) is 19.4. The molecule has 4 aromatic carbocycles. The Balaban J connectivity index is 1.88. The van der Waals surface area contributed by atoms with Gasteiger partial charge in [-0.05, 0) is 22.1 Å². The molecule has 0 fully saturated rings. The first-order valence-electron chi connectivity index (χ1n) is 10.8. The molecule has 5 rings (SSSR count). The van der Waals surface area contributed by atoms with Crippen LogP contribution >= 0.6 is 0 Å².